The molecular weight excluding hydrogens is 339 g/mol. The average molecular weight is 350 g/mol. The molecule has 0 aromatic carbocycles. The second-order valence-electron chi connectivity index (χ2n) is 3.30. The smallest absolute Gasteiger partial charge is 0.267 e. The first kappa shape index (κ1) is 14.5. The number of halogens is 3. The third kappa shape index (κ3) is 4.04. The van der Waals surface area contributed by atoms with Gasteiger partial charge < -0.3 is 0 Å². The minimum absolute atomic E-state index is 0.118. The van der Waals surface area contributed by atoms with Gasteiger partial charge in [0.25, 0.3) is 10.1 Å². The molecule has 92 valence electrons. The van der Waals surface area contributed by atoms with Crippen LogP contribution in [-0.2, 0) is 14.3 Å². The lowest BCUT2D eigenvalue weighted by atomic mass is 10.0. The largest absolute Gasteiger partial charge is 0.270 e. The summed E-state index contributed by atoms with van der Waals surface area (Å²) in [6.45, 7) is 1.74. The molecule has 3 nitrogen and oxygen atoms in total. The van der Waals surface area contributed by atoms with Gasteiger partial charge in [0.2, 0.25) is 0 Å². The van der Waals surface area contributed by atoms with E-state index >= 15 is 0 Å². The molecule has 0 heterocycles. The maximum absolute atomic E-state index is 11.5. The van der Waals surface area contributed by atoms with Crippen molar-refractivity contribution in [2.75, 3.05) is 12.4 Å². The molecule has 0 saturated carbocycles. The Hall–Kier alpha value is 0.450. The Morgan fingerprint density at radius 2 is 2.25 bits per heavy atom. The number of hydrogen-bond donors (Lipinski definition) is 0. The second kappa shape index (κ2) is 5.40. The molecule has 0 radical (unpaired) electrons. The molecule has 0 amide bonds. The summed E-state index contributed by atoms with van der Waals surface area (Å²) < 4.78 is 26.6. The minimum atomic E-state index is -3.56. The van der Waals surface area contributed by atoms with E-state index in [0.29, 0.717) is 5.03 Å². The molecule has 16 heavy (non-hydrogen) atoms. The van der Waals surface area contributed by atoms with Crippen LogP contribution in [0.25, 0.3) is 0 Å². The summed E-state index contributed by atoms with van der Waals surface area (Å²) in [5.74, 6) is -0.611. The molecule has 7 heteroatoms. The average Bonchev–Trinajstić information content (AvgIpc) is 2.09. The third-order valence-electron chi connectivity index (χ3n) is 1.99. The number of alkyl halides is 2. The Morgan fingerprint density at radius 1 is 1.62 bits per heavy atom. The van der Waals surface area contributed by atoms with Gasteiger partial charge in [-0.3, -0.25) is 4.18 Å². The van der Waals surface area contributed by atoms with Crippen LogP contribution in [0.3, 0.4) is 0 Å². The summed E-state index contributed by atoms with van der Waals surface area (Å²) >= 11 is 15.1. The Labute approximate surface area is 114 Å². The molecule has 2 atom stereocenters. The van der Waals surface area contributed by atoms with E-state index in [1.165, 1.54) is 0 Å². The van der Waals surface area contributed by atoms with E-state index in [4.69, 9.17) is 23.2 Å². The van der Waals surface area contributed by atoms with E-state index in [9.17, 15) is 8.42 Å². The van der Waals surface area contributed by atoms with Crippen LogP contribution in [0.15, 0.2) is 23.3 Å². The van der Waals surface area contributed by atoms with Crippen LogP contribution in [0.5, 0.6) is 0 Å². The van der Waals surface area contributed by atoms with Crippen LogP contribution >= 0.6 is 39.1 Å². The van der Waals surface area contributed by atoms with Gasteiger partial charge in [-0.2, -0.15) is 8.42 Å². The Bertz CT molecular complexity index is 414. The van der Waals surface area contributed by atoms with Crippen LogP contribution in [0.4, 0.5) is 0 Å². The number of rotatable bonds is 4. The van der Waals surface area contributed by atoms with Crippen LogP contribution in [0.2, 0.25) is 0 Å². The van der Waals surface area contributed by atoms with E-state index in [-0.39, 0.29) is 12.4 Å². The molecule has 1 aliphatic carbocycles. The lowest BCUT2D eigenvalue weighted by Gasteiger charge is -2.27. The van der Waals surface area contributed by atoms with Gasteiger partial charge in [0, 0.05) is 11.0 Å². The van der Waals surface area contributed by atoms with Crippen LogP contribution in [0.1, 0.15) is 6.92 Å². The molecule has 0 aromatic rings. The highest BCUT2D eigenvalue weighted by atomic mass is 79.9. The summed E-state index contributed by atoms with van der Waals surface area (Å²) in [5, 5.41) is 0.469. The lowest BCUT2D eigenvalue weighted by Crippen LogP contribution is -2.31. The van der Waals surface area contributed by atoms with Crippen molar-refractivity contribution in [3.8, 4) is 0 Å². The molecule has 0 saturated heterocycles. The molecular formula is C9H11BrCl2O3S. The molecule has 0 bridgehead atoms. The van der Waals surface area contributed by atoms with Gasteiger partial charge in [0.1, 0.15) is 3.78 Å². The van der Waals surface area contributed by atoms with Crippen molar-refractivity contribution in [1.82, 2.24) is 0 Å². The Morgan fingerprint density at radius 3 is 2.75 bits per heavy atom. The first-order valence-corrected chi connectivity index (χ1v) is 7.71. The van der Waals surface area contributed by atoms with Crippen molar-refractivity contribution >= 4 is 49.2 Å². The lowest BCUT2D eigenvalue weighted by molar-refractivity contribution is 0.335. The topological polar surface area (TPSA) is 43.4 Å². The minimum Gasteiger partial charge on any atom is -0.270 e. The molecule has 0 fully saturated rings. The fraction of sp³-hybridized carbons (Fsp3) is 0.556. The normalized spacial score (nSPS) is 30.2. The molecule has 0 aliphatic heterocycles. The Balaban J connectivity index is 2.81. The van der Waals surface area contributed by atoms with Crippen molar-refractivity contribution in [2.24, 2.45) is 5.92 Å². The summed E-state index contributed by atoms with van der Waals surface area (Å²) in [6.07, 6.45) is 4.83. The van der Waals surface area contributed by atoms with Crippen LogP contribution in [-0.4, -0.2) is 24.6 Å². The van der Waals surface area contributed by atoms with Crippen molar-refractivity contribution in [3.05, 3.63) is 23.3 Å². The highest BCUT2D eigenvalue weighted by molar-refractivity contribution is 9.10. The molecule has 0 aromatic heterocycles. The first-order valence-electron chi connectivity index (χ1n) is 4.58. The van der Waals surface area contributed by atoms with Crippen molar-refractivity contribution < 1.29 is 12.6 Å². The zero-order valence-corrected chi connectivity index (χ0v) is 12.4. The van der Waals surface area contributed by atoms with Gasteiger partial charge in [-0.15, -0.1) is 11.6 Å². The molecule has 1 rings (SSSR count). The number of hydrogen-bond acceptors (Lipinski definition) is 3. The van der Waals surface area contributed by atoms with E-state index in [1.54, 1.807) is 25.2 Å². The van der Waals surface area contributed by atoms with Gasteiger partial charge >= 0.3 is 0 Å². The predicted octanol–water partition coefficient (Wildman–Crippen LogP) is 2.99. The fourth-order valence-electron chi connectivity index (χ4n) is 1.29. The van der Waals surface area contributed by atoms with Crippen molar-refractivity contribution in [3.63, 3.8) is 0 Å². The molecule has 0 N–H and O–H groups in total. The van der Waals surface area contributed by atoms with Gasteiger partial charge in [0.05, 0.1) is 12.4 Å². The maximum Gasteiger partial charge on any atom is 0.267 e. The van der Waals surface area contributed by atoms with E-state index in [0.717, 1.165) is 0 Å². The number of allylic oxidation sites excluding steroid dienone is 4. The summed E-state index contributed by atoms with van der Waals surface area (Å²) in [4.78, 5) is 0. The van der Waals surface area contributed by atoms with Gasteiger partial charge in [-0.1, -0.05) is 33.6 Å². The van der Waals surface area contributed by atoms with Gasteiger partial charge in [-0.05, 0) is 19.1 Å². The zero-order valence-electron chi connectivity index (χ0n) is 8.49. The standard InChI is InChI=1S/C9H11BrCl2O3S/c1-2-15-16(13,14)6-7-3-4-8(11)5-9(7,10)12/h3-5,7H,2,6H2,1H3/t7-,9?/m0/s1. The highest BCUT2D eigenvalue weighted by Crippen LogP contribution is 2.40. The van der Waals surface area contributed by atoms with E-state index < -0.39 is 19.8 Å². The van der Waals surface area contributed by atoms with E-state index in [1.807, 2.05) is 0 Å². The van der Waals surface area contributed by atoms with E-state index in [2.05, 4.69) is 20.1 Å². The summed E-state index contributed by atoms with van der Waals surface area (Å²) in [7, 11) is -3.56. The predicted molar refractivity (Wildman–Crippen MR) is 69.5 cm³/mol. The molecule has 1 aliphatic rings. The van der Waals surface area contributed by atoms with Crippen molar-refractivity contribution in [2.45, 2.75) is 10.7 Å². The first-order chi connectivity index (χ1) is 7.27. The zero-order chi connectivity index (χ0) is 12.4. The monoisotopic (exact) mass is 348 g/mol. The second-order valence-corrected chi connectivity index (χ2v) is 7.82. The van der Waals surface area contributed by atoms with Crippen molar-refractivity contribution in [1.29, 1.82) is 0 Å². The SMILES string of the molecule is CCOS(=O)(=O)C[C@@H]1C=CC(Cl)=CC1(Cl)Br. The fourth-order valence-corrected chi connectivity index (χ4v) is 4.13. The van der Waals surface area contributed by atoms with Crippen LogP contribution < -0.4 is 0 Å². The maximum atomic E-state index is 11.5. The quantitative estimate of drug-likeness (QED) is 0.578. The summed E-state index contributed by atoms with van der Waals surface area (Å²) in [5.41, 5.74) is 0. The third-order valence-corrected chi connectivity index (χ3v) is 4.80. The van der Waals surface area contributed by atoms with Gasteiger partial charge in [0.15, 0.2) is 0 Å². The molecule has 0 spiro atoms. The Kier molecular flexibility index (Phi) is 4.89. The van der Waals surface area contributed by atoms with Crippen LogP contribution in [0, 0.1) is 5.92 Å². The molecule has 1 unspecified atom stereocenters. The van der Waals surface area contributed by atoms with Gasteiger partial charge in [-0.25, -0.2) is 0 Å². The highest BCUT2D eigenvalue weighted by Gasteiger charge is 2.36. The summed E-state index contributed by atoms with van der Waals surface area (Å²) in [6, 6.07) is 0.